The standard InChI is InChI=1S/C21H24N6O2S.C2H6/c1-26-10-12-27(13-11-26)21(29)16-8-5-9-17(18(16)28)23-20-19(24-30-25-20)22-14-15-6-3-2-4-7-15;1-2/h2-9,28H,10-14H2,1H3,(H,22,24)(H,23,25);1-2H3. The number of amides is 1. The summed E-state index contributed by atoms with van der Waals surface area (Å²) < 4.78 is 8.57. The molecule has 1 aliphatic rings. The van der Waals surface area contributed by atoms with E-state index in [1.807, 2.05) is 51.2 Å². The van der Waals surface area contributed by atoms with Crippen LogP contribution in [-0.2, 0) is 6.54 Å². The van der Waals surface area contributed by atoms with Crippen LogP contribution in [0.15, 0.2) is 48.5 Å². The van der Waals surface area contributed by atoms with Crippen LogP contribution in [0.4, 0.5) is 17.3 Å². The molecule has 0 atom stereocenters. The Hall–Kier alpha value is -3.17. The molecule has 1 aliphatic heterocycles. The van der Waals surface area contributed by atoms with Gasteiger partial charge in [-0.1, -0.05) is 50.2 Å². The number of carbonyl (C=O) groups is 1. The number of nitrogens with zero attached hydrogens (tertiary/aromatic N) is 4. The van der Waals surface area contributed by atoms with Crippen LogP contribution in [0.2, 0.25) is 0 Å². The predicted octanol–water partition coefficient (Wildman–Crippen LogP) is 4.01. The molecule has 170 valence electrons. The van der Waals surface area contributed by atoms with Crippen molar-refractivity contribution in [3.05, 3.63) is 59.7 Å². The zero-order valence-electron chi connectivity index (χ0n) is 18.7. The van der Waals surface area contributed by atoms with Crippen molar-refractivity contribution in [3.63, 3.8) is 0 Å². The molecule has 32 heavy (non-hydrogen) atoms. The van der Waals surface area contributed by atoms with Gasteiger partial charge in [-0.05, 0) is 24.7 Å². The summed E-state index contributed by atoms with van der Waals surface area (Å²) in [4.78, 5) is 16.8. The molecule has 0 radical (unpaired) electrons. The normalized spacial score (nSPS) is 13.8. The Labute approximate surface area is 193 Å². The minimum absolute atomic E-state index is 0.0802. The molecule has 0 unspecified atom stereocenters. The Morgan fingerprint density at radius 1 is 1.00 bits per heavy atom. The minimum Gasteiger partial charge on any atom is -0.505 e. The molecule has 0 spiro atoms. The molecule has 8 nitrogen and oxygen atoms in total. The molecule has 9 heteroatoms. The largest absolute Gasteiger partial charge is 0.505 e. The lowest BCUT2D eigenvalue weighted by Gasteiger charge is -2.32. The first-order chi connectivity index (χ1) is 15.6. The Morgan fingerprint density at radius 2 is 1.69 bits per heavy atom. The summed E-state index contributed by atoms with van der Waals surface area (Å²) in [5, 5.41) is 17.1. The molecule has 3 aromatic rings. The van der Waals surface area contributed by atoms with Gasteiger partial charge in [0.05, 0.1) is 23.0 Å². The summed E-state index contributed by atoms with van der Waals surface area (Å²) >= 11 is 1.07. The zero-order chi connectivity index (χ0) is 22.9. The minimum atomic E-state index is -0.164. The highest BCUT2D eigenvalue weighted by molar-refractivity contribution is 6.99. The number of hydrogen-bond donors (Lipinski definition) is 3. The van der Waals surface area contributed by atoms with E-state index in [4.69, 9.17) is 0 Å². The van der Waals surface area contributed by atoms with Crippen molar-refractivity contribution in [2.75, 3.05) is 43.9 Å². The molecule has 2 aromatic carbocycles. The van der Waals surface area contributed by atoms with Gasteiger partial charge in [0.2, 0.25) is 0 Å². The molecule has 0 saturated carbocycles. The number of carbonyl (C=O) groups excluding carboxylic acids is 1. The fourth-order valence-electron chi connectivity index (χ4n) is 3.29. The average Bonchev–Trinajstić information content (AvgIpc) is 3.28. The summed E-state index contributed by atoms with van der Waals surface area (Å²) in [6.07, 6.45) is 0. The van der Waals surface area contributed by atoms with Crippen molar-refractivity contribution in [3.8, 4) is 5.75 Å². The van der Waals surface area contributed by atoms with Gasteiger partial charge in [-0.2, -0.15) is 8.75 Å². The molecule has 1 aromatic heterocycles. The second-order valence-corrected chi connectivity index (χ2v) is 7.75. The topological polar surface area (TPSA) is 93.6 Å². The Balaban J connectivity index is 0.00000141. The zero-order valence-corrected chi connectivity index (χ0v) is 19.5. The summed E-state index contributed by atoms with van der Waals surface area (Å²) in [5.74, 6) is 0.862. The van der Waals surface area contributed by atoms with E-state index < -0.39 is 0 Å². The second-order valence-electron chi connectivity index (χ2n) is 7.22. The number of hydrogen-bond acceptors (Lipinski definition) is 8. The molecule has 0 aliphatic carbocycles. The van der Waals surface area contributed by atoms with E-state index >= 15 is 0 Å². The quantitative estimate of drug-likeness (QED) is 0.485. The van der Waals surface area contributed by atoms with Gasteiger partial charge in [-0.15, -0.1) is 0 Å². The lowest BCUT2D eigenvalue weighted by Crippen LogP contribution is -2.47. The molecule has 1 saturated heterocycles. The number of rotatable bonds is 6. The van der Waals surface area contributed by atoms with Crippen molar-refractivity contribution in [1.29, 1.82) is 0 Å². The first-order valence-electron chi connectivity index (χ1n) is 10.8. The van der Waals surface area contributed by atoms with Crippen molar-refractivity contribution in [1.82, 2.24) is 18.5 Å². The molecule has 2 heterocycles. The van der Waals surface area contributed by atoms with Gasteiger partial charge in [-0.25, -0.2) is 0 Å². The number of aromatic nitrogens is 2. The van der Waals surface area contributed by atoms with Crippen LogP contribution in [0.1, 0.15) is 29.8 Å². The van der Waals surface area contributed by atoms with Gasteiger partial charge in [0.1, 0.15) is 0 Å². The second kappa shape index (κ2) is 11.4. The number of phenolic OH excluding ortho intramolecular Hbond substituents is 1. The van der Waals surface area contributed by atoms with Crippen molar-refractivity contribution in [2.24, 2.45) is 0 Å². The molecule has 3 N–H and O–H groups in total. The predicted molar refractivity (Wildman–Crippen MR) is 130 cm³/mol. The summed E-state index contributed by atoms with van der Waals surface area (Å²) in [5.41, 5.74) is 1.83. The van der Waals surface area contributed by atoms with Gasteiger partial charge in [0.25, 0.3) is 5.91 Å². The number of nitrogens with one attached hydrogen (secondary N) is 2. The summed E-state index contributed by atoms with van der Waals surface area (Å²) in [7, 11) is 2.04. The molecule has 0 bridgehead atoms. The smallest absolute Gasteiger partial charge is 0.257 e. The van der Waals surface area contributed by atoms with Crippen LogP contribution in [-0.4, -0.2) is 62.8 Å². The molecule has 1 fully saturated rings. The summed E-state index contributed by atoms with van der Waals surface area (Å²) in [6.45, 7) is 7.55. The third-order valence-corrected chi connectivity index (χ3v) is 5.63. The van der Waals surface area contributed by atoms with Crippen LogP contribution in [0, 0.1) is 0 Å². The maximum Gasteiger partial charge on any atom is 0.257 e. The number of piperazine rings is 1. The fourth-order valence-corrected chi connectivity index (χ4v) is 3.78. The van der Waals surface area contributed by atoms with Crippen LogP contribution in [0.25, 0.3) is 0 Å². The number of phenols is 1. The van der Waals surface area contributed by atoms with Crippen molar-refractivity contribution < 1.29 is 9.90 Å². The first-order valence-corrected chi connectivity index (χ1v) is 11.5. The third-order valence-electron chi connectivity index (χ3n) is 5.10. The van der Waals surface area contributed by atoms with Gasteiger partial charge >= 0.3 is 0 Å². The van der Waals surface area contributed by atoms with E-state index in [9.17, 15) is 9.90 Å². The molecule has 1 amide bonds. The molecular formula is C23H30N6O2S. The highest BCUT2D eigenvalue weighted by atomic mass is 32.1. The Bertz CT molecular complexity index is 1000. The Kier molecular flexibility index (Phi) is 8.41. The van der Waals surface area contributed by atoms with Crippen LogP contribution < -0.4 is 10.6 Å². The number of aromatic hydroxyl groups is 1. The highest BCUT2D eigenvalue weighted by Gasteiger charge is 2.24. The van der Waals surface area contributed by atoms with Crippen molar-refractivity contribution in [2.45, 2.75) is 20.4 Å². The van der Waals surface area contributed by atoms with E-state index in [1.54, 1.807) is 23.1 Å². The number of anilines is 3. The molecular weight excluding hydrogens is 424 g/mol. The van der Waals surface area contributed by atoms with Crippen molar-refractivity contribution >= 4 is 35.0 Å². The fraction of sp³-hybridized carbons (Fsp3) is 0.348. The van der Waals surface area contributed by atoms with E-state index in [-0.39, 0.29) is 17.2 Å². The van der Waals surface area contributed by atoms with Gasteiger partial charge in [-0.3, -0.25) is 4.79 Å². The lowest BCUT2D eigenvalue weighted by atomic mass is 10.1. The monoisotopic (exact) mass is 454 g/mol. The Morgan fingerprint density at radius 3 is 2.41 bits per heavy atom. The van der Waals surface area contributed by atoms with E-state index in [1.165, 1.54) is 0 Å². The first kappa shape index (κ1) is 23.5. The third kappa shape index (κ3) is 5.74. The van der Waals surface area contributed by atoms with Gasteiger partial charge in [0, 0.05) is 32.7 Å². The number of para-hydroxylation sites is 1. The van der Waals surface area contributed by atoms with Crippen LogP contribution in [0.3, 0.4) is 0 Å². The maximum absolute atomic E-state index is 12.9. The summed E-state index contributed by atoms with van der Waals surface area (Å²) in [6, 6.07) is 15.1. The van der Waals surface area contributed by atoms with Gasteiger partial charge < -0.3 is 25.5 Å². The van der Waals surface area contributed by atoms with E-state index in [0.717, 1.165) is 30.4 Å². The van der Waals surface area contributed by atoms with E-state index in [2.05, 4.69) is 24.3 Å². The lowest BCUT2D eigenvalue weighted by molar-refractivity contribution is 0.0661. The number of benzene rings is 2. The number of likely N-dealkylation sites (N-methyl/N-ethyl adjacent to an activating group) is 1. The van der Waals surface area contributed by atoms with Crippen LogP contribution >= 0.6 is 11.7 Å². The highest BCUT2D eigenvalue weighted by Crippen LogP contribution is 2.33. The SMILES string of the molecule is CC.CN1CCN(C(=O)c2cccc(Nc3nsnc3NCc3ccccc3)c2O)CC1. The average molecular weight is 455 g/mol. The maximum atomic E-state index is 12.9. The van der Waals surface area contributed by atoms with Gasteiger partial charge in [0.15, 0.2) is 17.4 Å². The van der Waals surface area contributed by atoms with Crippen LogP contribution in [0.5, 0.6) is 5.75 Å². The van der Waals surface area contributed by atoms with E-state index in [0.29, 0.717) is 37.0 Å². The molecule has 4 rings (SSSR count).